The fraction of sp³-hybridized carbons (Fsp3) is 0. The van der Waals surface area contributed by atoms with Crippen LogP contribution in [0.25, 0.3) is 66.9 Å². The van der Waals surface area contributed by atoms with Crippen LogP contribution in [0, 0.1) is 34.0 Å². The second-order valence-electron chi connectivity index (χ2n) is 28.8. The summed E-state index contributed by atoms with van der Waals surface area (Å²) in [5, 5.41) is 28.7. The second-order valence-corrected chi connectivity index (χ2v) is 28.8. The van der Waals surface area contributed by atoms with Gasteiger partial charge in [0.1, 0.15) is 29.6 Å². The molecular weight excluding hydrogens is 1470 g/mol. The van der Waals surface area contributed by atoms with Crippen molar-refractivity contribution in [2.75, 3.05) is 29.4 Å². The molecule has 3 aliphatic rings. The Morgan fingerprint density at radius 2 is 0.475 bits per heavy atom. The molecule has 0 saturated heterocycles. The first kappa shape index (κ1) is 73.2. The number of nitriles is 3. The Labute approximate surface area is 697 Å². The van der Waals surface area contributed by atoms with E-state index in [2.05, 4.69) is 396 Å². The molecule has 0 unspecified atom stereocenters. The van der Waals surface area contributed by atoms with Crippen molar-refractivity contribution in [3.05, 3.63) is 454 Å². The number of pyridine rings is 3. The number of fused-ring (bicyclic) bond motifs is 6. The molecule has 3 aromatic heterocycles. The summed E-state index contributed by atoms with van der Waals surface area (Å²) < 4.78 is 0. The third-order valence-electron chi connectivity index (χ3n) is 21.8. The Kier molecular flexibility index (Phi) is 20.0. The summed E-state index contributed by atoms with van der Waals surface area (Å²) in [4.78, 5) is 27.2. The molecule has 12 heteroatoms. The van der Waals surface area contributed by atoms with E-state index in [1.807, 2.05) is 72.8 Å². The standard InChI is InChI=1S/3C36H24N4/c37-25-27-13-11-23-38-36(27)31-18-5-4-17-30(31)26-12-10-16-29(24-26)40-34-21-8-6-19-32(34)39(28-14-2-1-3-15-28)33-20-7-9-22-35(33)40;37-25-32-31(18-11-23-38-32)30-17-5-4-16-29(30)26-12-10-15-28(24-26)40-35-21-8-6-19-33(35)39(27-13-2-1-3-14-27)34-20-7-9-22-36(34)40;37-24-28-22-21-27(25-38-28)32-16-5-4-15-31(32)26-11-10-14-30(23-26)40-35-19-8-6-17-33(35)39(29-12-2-1-3-13-29)34-18-7-9-20-36(34)40/h2*1-24H;1-23,25H. The summed E-state index contributed by atoms with van der Waals surface area (Å²) in [5.41, 5.74) is 33.3. The quantitative estimate of drug-likeness (QED) is 0.115. The zero-order valence-electron chi connectivity index (χ0n) is 64.9. The van der Waals surface area contributed by atoms with Gasteiger partial charge in [-0.25, -0.2) is 9.97 Å². The van der Waals surface area contributed by atoms with Crippen molar-refractivity contribution >= 4 is 102 Å². The Balaban J connectivity index is 0.000000119. The first-order valence-electron chi connectivity index (χ1n) is 39.6. The van der Waals surface area contributed by atoms with Crippen molar-refractivity contribution in [3.63, 3.8) is 0 Å². The van der Waals surface area contributed by atoms with E-state index >= 15 is 0 Å². The van der Waals surface area contributed by atoms with Gasteiger partial charge in [0.15, 0.2) is 0 Å². The van der Waals surface area contributed by atoms with Gasteiger partial charge in [-0.1, -0.05) is 237 Å². The maximum atomic E-state index is 9.74. The third-order valence-corrected chi connectivity index (χ3v) is 21.8. The van der Waals surface area contributed by atoms with Crippen molar-refractivity contribution in [1.29, 1.82) is 15.8 Å². The normalized spacial score (nSPS) is 11.9. The highest BCUT2D eigenvalue weighted by atomic mass is 15.3. The number of aromatic nitrogens is 3. The van der Waals surface area contributed by atoms with E-state index in [0.717, 1.165) is 164 Å². The van der Waals surface area contributed by atoms with Gasteiger partial charge < -0.3 is 29.4 Å². The van der Waals surface area contributed by atoms with Gasteiger partial charge in [0.05, 0.1) is 79.5 Å². The SMILES string of the molecule is N#Cc1ccc(-c2ccccc2-c2cccc(N3c4ccccc4N(c4ccccc4)c4ccccc43)c2)cn1.N#Cc1cccnc1-c1ccccc1-c1cccc(N2c3ccccc3N(c3ccccc3)c3ccccc32)c1.N#Cc1ncccc1-c1ccccc1-c1cccc(N2c3ccccc3N(c3ccccc3)c3ccccc32)c1. The molecule has 0 spiro atoms. The van der Waals surface area contributed by atoms with Gasteiger partial charge in [-0.2, -0.15) is 15.8 Å². The summed E-state index contributed by atoms with van der Waals surface area (Å²) >= 11 is 0. The average Bonchev–Trinajstić information content (AvgIpc) is 0.742. The highest BCUT2D eigenvalue weighted by molar-refractivity contribution is 6.06. The van der Waals surface area contributed by atoms with E-state index in [9.17, 15) is 15.8 Å². The Hall–Kier alpha value is -17.0. The van der Waals surface area contributed by atoms with E-state index in [1.54, 1.807) is 30.7 Å². The molecule has 0 N–H and O–H groups in total. The van der Waals surface area contributed by atoms with E-state index < -0.39 is 0 Å². The van der Waals surface area contributed by atoms with Gasteiger partial charge in [-0.05, 0) is 226 Å². The van der Waals surface area contributed by atoms with Crippen LogP contribution in [0.2, 0.25) is 0 Å². The predicted octanol–water partition coefficient (Wildman–Crippen LogP) is 28.6. The van der Waals surface area contributed by atoms with Crippen molar-refractivity contribution in [1.82, 2.24) is 15.0 Å². The van der Waals surface area contributed by atoms with E-state index in [4.69, 9.17) is 0 Å². The summed E-state index contributed by atoms with van der Waals surface area (Å²) in [6.45, 7) is 0. The molecular formula is C108H72N12. The van der Waals surface area contributed by atoms with Crippen LogP contribution in [0.1, 0.15) is 17.0 Å². The van der Waals surface area contributed by atoms with Crippen molar-refractivity contribution in [2.45, 2.75) is 0 Å². The molecule has 0 radical (unpaired) electrons. The fourth-order valence-electron chi connectivity index (χ4n) is 16.6. The highest BCUT2D eigenvalue weighted by Crippen LogP contribution is 2.58. The van der Waals surface area contributed by atoms with Gasteiger partial charge in [0.2, 0.25) is 0 Å². The Morgan fingerprint density at radius 1 is 0.192 bits per heavy atom. The van der Waals surface area contributed by atoms with Crippen molar-refractivity contribution < 1.29 is 0 Å². The molecule has 0 saturated carbocycles. The molecule has 0 atom stereocenters. The molecule has 0 fully saturated rings. The van der Waals surface area contributed by atoms with Crippen LogP contribution in [0.3, 0.4) is 0 Å². The molecule has 15 aromatic carbocycles. The number of nitrogens with zero attached hydrogens (tertiary/aromatic N) is 12. The predicted molar refractivity (Wildman–Crippen MR) is 488 cm³/mol. The lowest BCUT2D eigenvalue weighted by Gasteiger charge is -2.40. The third kappa shape index (κ3) is 13.9. The Bertz CT molecular complexity index is 6550. The largest absolute Gasteiger partial charge is 0.306 e. The lowest BCUT2D eigenvalue weighted by molar-refractivity contribution is 1.17. The number of para-hydroxylation sites is 15. The highest BCUT2D eigenvalue weighted by Gasteiger charge is 2.34. The molecule has 0 bridgehead atoms. The average molecular weight is 1540 g/mol. The van der Waals surface area contributed by atoms with Gasteiger partial charge in [-0.3, -0.25) is 4.98 Å². The summed E-state index contributed by atoms with van der Waals surface area (Å²) in [5.74, 6) is 0. The summed E-state index contributed by atoms with van der Waals surface area (Å²) in [6, 6.07) is 151. The van der Waals surface area contributed by atoms with E-state index in [0.29, 0.717) is 22.6 Å². The van der Waals surface area contributed by atoms with Gasteiger partial charge >= 0.3 is 0 Å². The lowest BCUT2D eigenvalue weighted by Crippen LogP contribution is -2.23. The lowest BCUT2D eigenvalue weighted by atomic mass is 9.93. The molecule has 12 nitrogen and oxygen atoms in total. The number of benzene rings is 15. The van der Waals surface area contributed by atoms with E-state index in [-0.39, 0.29) is 0 Å². The van der Waals surface area contributed by atoms with Crippen LogP contribution in [0.4, 0.5) is 102 Å². The zero-order chi connectivity index (χ0) is 80.7. The topological polar surface area (TPSA) is 129 Å². The van der Waals surface area contributed by atoms with Crippen LogP contribution in [-0.2, 0) is 0 Å². The van der Waals surface area contributed by atoms with Crippen LogP contribution in [-0.4, -0.2) is 15.0 Å². The summed E-state index contributed by atoms with van der Waals surface area (Å²) in [6.07, 6.45) is 5.18. The Morgan fingerprint density at radius 3 is 0.817 bits per heavy atom. The molecule has 3 aliphatic heterocycles. The molecule has 564 valence electrons. The molecule has 0 amide bonds. The number of hydrogen-bond donors (Lipinski definition) is 0. The minimum atomic E-state index is 0.412. The molecule has 0 aliphatic carbocycles. The molecule has 6 heterocycles. The second kappa shape index (κ2) is 32.9. The minimum Gasteiger partial charge on any atom is -0.306 e. The monoisotopic (exact) mass is 1540 g/mol. The fourth-order valence-corrected chi connectivity index (χ4v) is 16.6. The van der Waals surface area contributed by atoms with Crippen LogP contribution in [0.15, 0.2) is 437 Å². The molecule has 18 aromatic rings. The summed E-state index contributed by atoms with van der Waals surface area (Å²) in [7, 11) is 0. The van der Waals surface area contributed by atoms with Gasteiger partial charge in [0, 0.05) is 69.4 Å². The maximum absolute atomic E-state index is 9.74. The smallest absolute Gasteiger partial charge is 0.148 e. The zero-order valence-corrected chi connectivity index (χ0v) is 64.9. The maximum Gasteiger partial charge on any atom is 0.148 e. The number of hydrogen-bond acceptors (Lipinski definition) is 12. The molecule has 21 rings (SSSR count). The van der Waals surface area contributed by atoms with E-state index in [1.165, 1.54) is 0 Å². The number of rotatable bonds is 12. The van der Waals surface area contributed by atoms with Crippen LogP contribution < -0.4 is 29.4 Å². The number of anilines is 18. The minimum absolute atomic E-state index is 0.412. The van der Waals surface area contributed by atoms with Gasteiger partial charge in [0.25, 0.3) is 0 Å². The van der Waals surface area contributed by atoms with Crippen LogP contribution in [0.5, 0.6) is 0 Å². The van der Waals surface area contributed by atoms with Crippen molar-refractivity contribution in [2.24, 2.45) is 0 Å². The first-order chi connectivity index (χ1) is 59.5. The molecule has 120 heavy (non-hydrogen) atoms. The first-order valence-corrected chi connectivity index (χ1v) is 39.6. The van der Waals surface area contributed by atoms with Gasteiger partial charge in [-0.15, -0.1) is 0 Å². The van der Waals surface area contributed by atoms with Crippen molar-refractivity contribution in [3.8, 4) is 85.1 Å². The van der Waals surface area contributed by atoms with Crippen LogP contribution >= 0.6 is 0 Å².